The summed E-state index contributed by atoms with van der Waals surface area (Å²) in [6, 6.07) is 0. The third kappa shape index (κ3) is 1.56. The highest BCUT2D eigenvalue weighted by Crippen LogP contribution is 2.35. The number of hydrogen-bond acceptors (Lipinski definition) is 1. The number of nitrogens with zero attached hydrogens (tertiary/aromatic N) is 1. The molecule has 0 N–H and O–H groups in total. The van der Waals surface area contributed by atoms with Gasteiger partial charge in [-0.15, -0.1) is 0 Å². The van der Waals surface area contributed by atoms with Gasteiger partial charge in [0.15, 0.2) is 0 Å². The van der Waals surface area contributed by atoms with Crippen LogP contribution < -0.4 is 0 Å². The molecule has 1 nitrogen and oxygen atoms in total. The third-order valence-electron chi connectivity index (χ3n) is 2.86. The molecule has 0 radical (unpaired) electrons. The molecule has 1 heterocycles. The largest absolute Gasteiger partial charge is 0.297 e. The topological polar surface area (TPSA) is 3.24 Å². The van der Waals surface area contributed by atoms with E-state index < -0.39 is 5.67 Å². The van der Waals surface area contributed by atoms with Gasteiger partial charge in [0.05, 0.1) is 0 Å². The van der Waals surface area contributed by atoms with Crippen LogP contribution >= 0.6 is 0 Å². The van der Waals surface area contributed by atoms with Crippen molar-refractivity contribution in [3.63, 3.8) is 0 Å². The Morgan fingerprint density at radius 1 is 1.45 bits per heavy atom. The van der Waals surface area contributed by atoms with Crippen LogP contribution in [0.1, 0.15) is 26.2 Å². The Morgan fingerprint density at radius 2 is 2.09 bits per heavy atom. The van der Waals surface area contributed by atoms with E-state index in [0.29, 0.717) is 19.5 Å². The van der Waals surface area contributed by atoms with E-state index in [1.165, 1.54) is 12.8 Å². The van der Waals surface area contributed by atoms with Crippen LogP contribution in [0.5, 0.6) is 0 Å². The zero-order valence-corrected chi connectivity index (χ0v) is 7.15. The van der Waals surface area contributed by atoms with Gasteiger partial charge < -0.3 is 0 Å². The van der Waals surface area contributed by atoms with Gasteiger partial charge in [0, 0.05) is 19.6 Å². The molecule has 0 aromatic heterocycles. The van der Waals surface area contributed by atoms with Crippen molar-refractivity contribution in [1.82, 2.24) is 4.90 Å². The smallest absolute Gasteiger partial charge is 0.136 e. The molecule has 2 heteroatoms. The second-order valence-corrected chi connectivity index (χ2v) is 4.12. The number of hydrogen-bond donors (Lipinski definition) is 0. The van der Waals surface area contributed by atoms with Crippen molar-refractivity contribution in [1.29, 1.82) is 0 Å². The number of rotatable bonds is 3. The van der Waals surface area contributed by atoms with Crippen LogP contribution in [0.2, 0.25) is 0 Å². The average molecular weight is 157 g/mol. The first-order valence-corrected chi connectivity index (χ1v) is 4.63. The highest BCUT2D eigenvalue weighted by atomic mass is 19.1. The molecule has 0 amide bonds. The Bertz CT molecular complexity index is 148. The molecule has 64 valence electrons. The summed E-state index contributed by atoms with van der Waals surface area (Å²) < 4.78 is 13.3. The summed E-state index contributed by atoms with van der Waals surface area (Å²) in [5.41, 5.74) is -0.825. The lowest BCUT2D eigenvalue weighted by atomic mass is 9.93. The molecule has 1 saturated heterocycles. The molecular weight excluding hydrogens is 141 g/mol. The third-order valence-corrected chi connectivity index (χ3v) is 2.86. The minimum absolute atomic E-state index is 0.689. The maximum absolute atomic E-state index is 13.3. The first kappa shape index (κ1) is 7.53. The van der Waals surface area contributed by atoms with E-state index in [0.717, 1.165) is 12.5 Å². The van der Waals surface area contributed by atoms with Gasteiger partial charge in [-0.25, -0.2) is 4.39 Å². The van der Waals surface area contributed by atoms with Crippen molar-refractivity contribution in [2.45, 2.75) is 31.9 Å². The van der Waals surface area contributed by atoms with Crippen LogP contribution in [-0.2, 0) is 0 Å². The van der Waals surface area contributed by atoms with E-state index in [4.69, 9.17) is 0 Å². The summed E-state index contributed by atoms with van der Waals surface area (Å²) in [5.74, 6) is 0.913. The van der Waals surface area contributed by atoms with Gasteiger partial charge in [-0.3, -0.25) is 4.90 Å². The second-order valence-electron chi connectivity index (χ2n) is 4.12. The van der Waals surface area contributed by atoms with E-state index in [-0.39, 0.29) is 0 Å². The fraction of sp³-hybridized carbons (Fsp3) is 1.00. The molecule has 11 heavy (non-hydrogen) atoms. The standard InChI is InChI=1S/C9H16FN/c1-2-9(10)6-11(7-9)5-8-3-4-8/h8H,2-7H2,1H3. The van der Waals surface area contributed by atoms with E-state index in [1.54, 1.807) is 0 Å². The molecule has 2 rings (SSSR count). The van der Waals surface area contributed by atoms with Gasteiger partial charge in [-0.05, 0) is 25.2 Å². The van der Waals surface area contributed by atoms with Crippen molar-refractivity contribution in [2.75, 3.05) is 19.6 Å². The summed E-state index contributed by atoms with van der Waals surface area (Å²) in [5, 5.41) is 0. The molecule has 0 aromatic carbocycles. The highest BCUT2D eigenvalue weighted by molar-refractivity contribution is 4.96. The SMILES string of the molecule is CCC1(F)CN(CC2CC2)C1. The Balaban J connectivity index is 1.69. The van der Waals surface area contributed by atoms with Gasteiger partial charge in [-0.1, -0.05) is 6.92 Å². The van der Waals surface area contributed by atoms with Crippen molar-refractivity contribution < 1.29 is 4.39 Å². The lowest BCUT2D eigenvalue weighted by molar-refractivity contribution is -0.0365. The second kappa shape index (κ2) is 2.44. The van der Waals surface area contributed by atoms with E-state index in [9.17, 15) is 4.39 Å². The van der Waals surface area contributed by atoms with Gasteiger partial charge in [0.2, 0.25) is 0 Å². The van der Waals surface area contributed by atoms with Crippen LogP contribution in [0.25, 0.3) is 0 Å². The summed E-state index contributed by atoms with van der Waals surface area (Å²) in [7, 11) is 0. The predicted molar refractivity (Wildman–Crippen MR) is 43.3 cm³/mol. The Kier molecular flexibility index (Phi) is 1.67. The monoisotopic (exact) mass is 157 g/mol. The molecule has 0 atom stereocenters. The van der Waals surface area contributed by atoms with Crippen LogP contribution in [0.15, 0.2) is 0 Å². The Morgan fingerprint density at radius 3 is 2.55 bits per heavy atom. The predicted octanol–water partition coefficient (Wildman–Crippen LogP) is 1.83. The van der Waals surface area contributed by atoms with Crippen molar-refractivity contribution in [3.8, 4) is 0 Å². The molecule has 2 fully saturated rings. The minimum atomic E-state index is -0.825. The van der Waals surface area contributed by atoms with Crippen molar-refractivity contribution in [3.05, 3.63) is 0 Å². The first-order chi connectivity index (χ1) is 5.22. The number of halogens is 1. The van der Waals surface area contributed by atoms with Crippen LogP contribution in [0.4, 0.5) is 4.39 Å². The van der Waals surface area contributed by atoms with Crippen LogP contribution in [-0.4, -0.2) is 30.2 Å². The number of alkyl halides is 1. The Labute approximate surface area is 67.6 Å². The zero-order chi connectivity index (χ0) is 7.90. The number of likely N-dealkylation sites (tertiary alicyclic amines) is 1. The molecule has 0 bridgehead atoms. The molecule has 0 unspecified atom stereocenters. The van der Waals surface area contributed by atoms with E-state index >= 15 is 0 Å². The molecule has 0 aromatic rings. The summed E-state index contributed by atoms with van der Waals surface area (Å²) in [6.45, 7) is 4.49. The van der Waals surface area contributed by atoms with Gasteiger partial charge in [-0.2, -0.15) is 0 Å². The maximum atomic E-state index is 13.3. The Hall–Kier alpha value is -0.110. The molecule has 0 spiro atoms. The lowest BCUT2D eigenvalue weighted by Crippen LogP contribution is -2.58. The van der Waals surface area contributed by atoms with Crippen molar-refractivity contribution >= 4 is 0 Å². The van der Waals surface area contributed by atoms with Gasteiger partial charge >= 0.3 is 0 Å². The van der Waals surface area contributed by atoms with Crippen molar-refractivity contribution in [2.24, 2.45) is 5.92 Å². The molecule has 1 saturated carbocycles. The normalized spacial score (nSPS) is 30.0. The van der Waals surface area contributed by atoms with Crippen LogP contribution in [0, 0.1) is 5.92 Å². The summed E-state index contributed by atoms with van der Waals surface area (Å²) in [4.78, 5) is 2.25. The molecule has 2 aliphatic rings. The molecular formula is C9H16FN. The first-order valence-electron chi connectivity index (χ1n) is 4.63. The quantitative estimate of drug-likeness (QED) is 0.604. The summed E-state index contributed by atoms with van der Waals surface area (Å²) in [6.07, 6.45) is 3.44. The maximum Gasteiger partial charge on any atom is 0.136 e. The fourth-order valence-corrected chi connectivity index (χ4v) is 1.77. The van der Waals surface area contributed by atoms with Gasteiger partial charge in [0.1, 0.15) is 5.67 Å². The van der Waals surface area contributed by atoms with E-state index in [2.05, 4.69) is 4.90 Å². The van der Waals surface area contributed by atoms with Crippen LogP contribution in [0.3, 0.4) is 0 Å². The fourth-order valence-electron chi connectivity index (χ4n) is 1.77. The van der Waals surface area contributed by atoms with E-state index in [1.807, 2.05) is 6.92 Å². The molecule has 1 aliphatic carbocycles. The average Bonchev–Trinajstić information content (AvgIpc) is 2.68. The zero-order valence-electron chi connectivity index (χ0n) is 7.15. The summed E-state index contributed by atoms with van der Waals surface area (Å²) >= 11 is 0. The molecule has 1 aliphatic heterocycles. The minimum Gasteiger partial charge on any atom is -0.297 e. The van der Waals surface area contributed by atoms with Gasteiger partial charge in [0.25, 0.3) is 0 Å². The lowest BCUT2D eigenvalue weighted by Gasteiger charge is -2.44. The highest BCUT2D eigenvalue weighted by Gasteiger charge is 2.43.